The maximum absolute atomic E-state index is 10.5. The SMILES string of the molecule is COc1cc(C=O)c(Br)cc1Cl. The van der Waals surface area contributed by atoms with Crippen molar-refractivity contribution >= 4 is 33.8 Å². The fraction of sp³-hybridized carbons (Fsp3) is 0.125. The summed E-state index contributed by atoms with van der Waals surface area (Å²) in [4.78, 5) is 10.5. The smallest absolute Gasteiger partial charge is 0.151 e. The second kappa shape index (κ2) is 3.92. The van der Waals surface area contributed by atoms with Crippen molar-refractivity contribution in [1.82, 2.24) is 0 Å². The highest BCUT2D eigenvalue weighted by Crippen LogP contribution is 2.29. The molecule has 0 saturated heterocycles. The zero-order chi connectivity index (χ0) is 9.14. The van der Waals surface area contributed by atoms with Crippen LogP contribution in [0.15, 0.2) is 16.6 Å². The third kappa shape index (κ3) is 1.79. The number of hydrogen-bond donors (Lipinski definition) is 0. The number of carbonyl (C=O) groups excluding carboxylic acids is 1. The molecule has 64 valence electrons. The van der Waals surface area contributed by atoms with Crippen molar-refractivity contribution < 1.29 is 9.53 Å². The highest BCUT2D eigenvalue weighted by molar-refractivity contribution is 9.10. The van der Waals surface area contributed by atoms with E-state index in [4.69, 9.17) is 16.3 Å². The third-order valence-electron chi connectivity index (χ3n) is 1.40. The van der Waals surface area contributed by atoms with Crippen LogP contribution in [-0.2, 0) is 0 Å². The van der Waals surface area contributed by atoms with Gasteiger partial charge in [0, 0.05) is 10.0 Å². The molecule has 4 heteroatoms. The van der Waals surface area contributed by atoms with Crippen LogP contribution < -0.4 is 4.74 Å². The molecule has 1 aromatic carbocycles. The van der Waals surface area contributed by atoms with Crippen molar-refractivity contribution in [3.63, 3.8) is 0 Å². The summed E-state index contributed by atoms with van der Waals surface area (Å²) in [6.45, 7) is 0. The quantitative estimate of drug-likeness (QED) is 0.753. The maximum Gasteiger partial charge on any atom is 0.151 e. The Morgan fingerprint density at radius 2 is 2.25 bits per heavy atom. The van der Waals surface area contributed by atoms with Crippen LogP contribution in [0, 0.1) is 0 Å². The van der Waals surface area contributed by atoms with E-state index in [9.17, 15) is 4.79 Å². The molecule has 0 amide bonds. The first-order valence-electron chi connectivity index (χ1n) is 3.17. The summed E-state index contributed by atoms with van der Waals surface area (Å²) < 4.78 is 5.60. The fourth-order valence-electron chi connectivity index (χ4n) is 0.792. The Morgan fingerprint density at radius 3 is 2.75 bits per heavy atom. The van der Waals surface area contributed by atoms with E-state index in [1.807, 2.05) is 0 Å². The van der Waals surface area contributed by atoms with Gasteiger partial charge in [-0.1, -0.05) is 27.5 Å². The molecule has 0 radical (unpaired) electrons. The molecule has 0 saturated carbocycles. The lowest BCUT2D eigenvalue weighted by Gasteiger charge is -2.04. The van der Waals surface area contributed by atoms with E-state index in [-0.39, 0.29) is 0 Å². The number of rotatable bonds is 2. The fourth-order valence-corrected chi connectivity index (χ4v) is 1.60. The minimum atomic E-state index is 0.481. The second-order valence-corrected chi connectivity index (χ2v) is 3.39. The minimum absolute atomic E-state index is 0.481. The van der Waals surface area contributed by atoms with Gasteiger partial charge in [-0.15, -0.1) is 0 Å². The van der Waals surface area contributed by atoms with Gasteiger partial charge in [-0.3, -0.25) is 4.79 Å². The van der Waals surface area contributed by atoms with Crippen LogP contribution >= 0.6 is 27.5 Å². The molecular weight excluding hydrogens is 243 g/mol. The first kappa shape index (κ1) is 9.55. The average molecular weight is 249 g/mol. The predicted molar refractivity (Wildman–Crippen MR) is 51.1 cm³/mol. The van der Waals surface area contributed by atoms with Crippen molar-refractivity contribution in [2.45, 2.75) is 0 Å². The number of halogens is 2. The molecule has 0 heterocycles. The summed E-state index contributed by atoms with van der Waals surface area (Å²) in [5.41, 5.74) is 0.524. The molecule has 0 bridgehead atoms. The molecule has 0 atom stereocenters. The van der Waals surface area contributed by atoms with E-state index < -0.39 is 0 Å². The number of benzene rings is 1. The lowest BCUT2D eigenvalue weighted by atomic mass is 10.2. The van der Waals surface area contributed by atoms with Gasteiger partial charge in [-0.25, -0.2) is 0 Å². The summed E-state index contributed by atoms with van der Waals surface area (Å²) in [5.74, 6) is 0.502. The Morgan fingerprint density at radius 1 is 1.58 bits per heavy atom. The number of hydrogen-bond acceptors (Lipinski definition) is 2. The Kier molecular flexibility index (Phi) is 3.12. The van der Waals surface area contributed by atoms with Crippen LogP contribution in [-0.4, -0.2) is 13.4 Å². The molecular formula is C8H6BrClO2. The van der Waals surface area contributed by atoms with Crippen LogP contribution in [0.3, 0.4) is 0 Å². The number of methoxy groups -OCH3 is 1. The van der Waals surface area contributed by atoms with Gasteiger partial charge < -0.3 is 4.74 Å². The number of carbonyl (C=O) groups is 1. The normalized spacial score (nSPS) is 9.58. The van der Waals surface area contributed by atoms with E-state index in [2.05, 4.69) is 15.9 Å². The summed E-state index contributed by atoms with van der Waals surface area (Å²) in [6, 6.07) is 3.21. The molecule has 0 spiro atoms. The van der Waals surface area contributed by atoms with E-state index in [0.717, 1.165) is 6.29 Å². The van der Waals surface area contributed by atoms with Crippen LogP contribution in [0.4, 0.5) is 0 Å². The van der Waals surface area contributed by atoms with E-state index in [1.165, 1.54) is 7.11 Å². The first-order chi connectivity index (χ1) is 5.69. The van der Waals surface area contributed by atoms with Crippen LogP contribution in [0.5, 0.6) is 5.75 Å². The molecule has 0 aliphatic heterocycles. The molecule has 0 aromatic heterocycles. The van der Waals surface area contributed by atoms with Crippen LogP contribution in [0.2, 0.25) is 5.02 Å². The van der Waals surface area contributed by atoms with Crippen molar-refractivity contribution in [3.05, 3.63) is 27.2 Å². The van der Waals surface area contributed by atoms with Gasteiger partial charge in [0.25, 0.3) is 0 Å². The third-order valence-corrected chi connectivity index (χ3v) is 2.38. The maximum atomic E-state index is 10.5. The van der Waals surface area contributed by atoms with Crippen LogP contribution in [0.25, 0.3) is 0 Å². The average Bonchev–Trinajstić information content (AvgIpc) is 2.05. The van der Waals surface area contributed by atoms with E-state index in [0.29, 0.717) is 20.8 Å². The topological polar surface area (TPSA) is 26.3 Å². The molecule has 12 heavy (non-hydrogen) atoms. The Bertz CT molecular complexity index is 312. The molecule has 0 aliphatic rings. The first-order valence-corrected chi connectivity index (χ1v) is 4.34. The van der Waals surface area contributed by atoms with Gasteiger partial charge in [-0.05, 0) is 12.1 Å². The zero-order valence-electron chi connectivity index (χ0n) is 6.30. The van der Waals surface area contributed by atoms with Crippen molar-refractivity contribution in [1.29, 1.82) is 0 Å². The Hall–Kier alpha value is -0.540. The number of ether oxygens (including phenoxy) is 1. The van der Waals surface area contributed by atoms with Crippen molar-refractivity contribution in [3.8, 4) is 5.75 Å². The highest BCUT2D eigenvalue weighted by Gasteiger charge is 2.05. The summed E-state index contributed by atoms with van der Waals surface area (Å²) >= 11 is 8.99. The highest BCUT2D eigenvalue weighted by atomic mass is 79.9. The standard InChI is InChI=1S/C8H6BrClO2/c1-12-8-2-5(4-11)6(9)3-7(8)10/h2-4H,1H3. The van der Waals surface area contributed by atoms with Gasteiger partial charge in [0.1, 0.15) is 5.75 Å². The zero-order valence-corrected chi connectivity index (χ0v) is 8.65. The largest absolute Gasteiger partial charge is 0.495 e. The molecule has 0 N–H and O–H groups in total. The van der Waals surface area contributed by atoms with Crippen LogP contribution in [0.1, 0.15) is 10.4 Å². The summed E-state index contributed by atoms with van der Waals surface area (Å²) in [5, 5.41) is 0.481. The van der Waals surface area contributed by atoms with E-state index in [1.54, 1.807) is 12.1 Å². The molecule has 2 nitrogen and oxygen atoms in total. The second-order valence-electron chi connectivity index (χ2n) is 2.13. The summed E-state index contributed by atoms with van der Waals surface area (Å²) in [6.07, 6.45) is 0.739. The predicted octanol–water partition coefficient (Wildman–Crippen LogP) is 2.92. The van der Waals surface area contributed by atoms with Crippen molar-refractivity contribution in [2.75, 3.05) is 7.11 Å². The minimum Gasteiger partial charge on any atom is -0.495 e. The van der Waals surface area contributed by atoms with Gasteiger partial charge in [0.15, 0.2) is 6.29 Å². The Balaban J connectivity index is 3.26. The van der Waals surface area contributed by atoms with Gasteiger partial charge >= 0.3 is 0 Å². The molecule has 0 fully saturated rings. The molecule has 0 aliphatic carbocycles. The lowest BCUT2D eigenvalue weighted by molar-refractivity contribution is 0.112. The number of aldehydes is 1. The molecule has 1 rings (SSSR count). The van der Waals surface area contributed by atoms with Gasteiger partial charge in [0.2, 0.25) is 0 Å². The van der Waals surface area contributed by atoms with Crippen molar-refractivity contribution in [2.24, 2.45) is 0 Å². The van der Waals surface area contributed by atoms with Gasteiger partial charge in [-0.2, -0.15) is 0 Å². The molecule has 0 unspecified atom stereocenters. The van der Waals surface area contributed by atoms with Gasteiger partial charge in [0.05, 0.1) is 12.1 Å². The summed E-state index contributed by atoms with van der Waals surface area (Å²) in [7, 11) is 1.50. The lowest BCUT2D eigenvalue weighted by Crippen LogP contribution is -1.88. The monoisotopic (exact) mass is 248 g/mol. The molecule has 1 aromatic rings. The van der Waals surface area contributed by atoms with E-state index >= 15 is 0 Å². The Labute approximate surface area is 83.6 Å².